The van der Waals surface area contributed by atoms with E-state index < -0.39 is 0 Å². The first-order valence-electron chi connectivity index (χ1n) is 7.34. The van der Waals surface area contributed by atoms with E-state index in [-0.39, 0.29) is 0 Å². The van der Waals surface area contributed by atoms with Crippen molar-refractivity contribution in [2.75, 3.05) is 23.9 Å². The predicted octanol–water partition coefficient (Wildman–Crippen LogP) is 5.41. The normalized spacial score (nSPS) is 18.5. The Balaban J connectivity index is 2.22. The maximum Gasteiger partial charge on any atom is 0.0468 e. The number of ether oxygens (including phenoxy) is 1. The smallest absolute Gasteiger partial charge is 0.0468 e. The van der Waals surface area contributed by atoms with Crippen LogP contribution in [0.5, 0.6) is 0 Å². The lowest BCUT2D eigenvalue weighted by Crippen LogP contribution is -2.31. The molecule has 0 saturated carbocycles. The highest BCUT2D eigenvalue weighted by Crippen LogP contribution is 2.37. The Morgan fingerprint density at radius 2 is 1.72 bits per heavy atom. The first kappa shape index (κ1) is 17.0. The number of unbranched alkanes of at least 4 members (excludes halogenated alkanes) is 1. The van der Waals surface area contributed by atoms with E-state index in [1.54, 1.807) is 0 Å². The van der Waals surface area contributed by atoms with Gasteiger partial charge in [0, 0.05) is 23.9 Å². The van der Waals surface area contributed by atoms with Crippen LogP contribution in [0.4, 0.5) is 0 Å². The zero-order valence-electron chi connectivity index (χ0n) is 11.9. The molecule has 3 heteroatoms. The Kier molecular flexibility index (Phi) is 8.45. The molecule has 1 aliphatic heterocycles. The first-order valence-corrected chi connectivity index (χ1v) is 9.58. The topological polar surface area (TPSA) is 9.23 Å². The molecule has 0 amide bonds. The maximum absolute atomic E-state index is 5.41. The zero-order chi connectivity index (χ0) is 13.4. The van der Waals surface area contributed by atoms with Crippen molar-refractivity contribution >= 4 is 31.9 Å². The molecule has 0 unspecified atom stereocenters. The predicted molar refractivity (Wildman–Crippen MR) is 86.9 cm³/mol. The van der Waals surface area contributed by atoms with Crippen LogP contribution in [0.25, 0.3) is 0 Å². The van der Waals surface area contributed by atoms with Crippen LogP contribution in [0.1, 0.15) is 52.4 Å². The molecule has 0 aromatic carbocycles. The van der Waals surface area contributed by atoms with E-state index in [1.807, 2.05) is 0 Å². The van der Waals surface area contributed by atoms with Gasteiger partial charge in [0.2, 0.25) is 0 Å². The lowest BCUT2D eigenvalue weighted by Gasteiger charge is -2.34. The van der Waals surface area contributed by atoms with Gasteiger partial charge in [-0.05, 0) is 36.5 Å². The van der Waals surface area contributed by atoms with E-state index >= 15 is 0 Å². The van der Waals surface area contributed by atoms with Crippen molar-refractivity contribution in [3.05, 3.63) is 0 Å². The summed E-state index contributed by atoms with van der Waals surface area (Å²) in [5.74, 6) is 1.67. The summed E-state index contributed by atoms with van der Waals surface area (Å²) in [5, 5.41) is 2.22. The van der Waals surface area contributed by atoms with Crippen molar-refractivity contribution in [1.82, 2.24) is 0 Å². The summed E-state index contributed by atoms with van der Waals surface area (Å²) in [6.45, 7) is 6.68. The van der Waals surface area contributed by atoms with Crippen molar-refractivity contribution in [3.63, 3.8) is 0 Å². The summed E-state index contributed by atoms with van der Waals surface area (Å²) >= 11 is 7.43. The molecule has 0 aromatic heterocycles. The van der Waals surface area contributed by atoms with Crippen molar-refractivity contribution in [2.24, 2.45) is 17.3 Å². The van der Waals surface area contributed by atoms with Crippen molar-refractivity contribution in [2.45, 2.75) is 52.4 Å². The van der Waals surface area contributed by atoms with Gasteiger partial charge in [0.1, 0.15) is 0 Å². The van der Waals surface area contributed by atoms with Crippen LogP contribution >= 0.6 is 31.9 Å². The number of alkyl halides is 2. The molecule has 0 aromatic rings. The van der Waals surface area contributed by atoms with Gasteiger partial charge < -0.3 is 4.74 Å². The van der Waals surface area contributed by atoms with Gasteiger partial charge in [0.05, 0.1) is 0 Å². The second-order valence-corrected chi connectivity index (χ2v) is 7.21. The number of hydrogen-bond donors (Lipinski definition) is 0. The lowest BCUT2D eigenvalue weighted by molar-refractivity contribution is 0.0627. The third-order valence-corrected chi connectivity index (χ3v) is 6.87. The fourth-order valence-electron chi connectivity index (χ4n) is 2.71. The van der Waals surface area contributed by atoms with Crippen LogP contribution in [0, 0.1) is 17.3 Å². The van der Waals surface area contributed by atoms with Crippen molar-refractivity contribution in [1.29, 1.82) is 0 Å². The summed E-state index contributed by atoms with van der Waals surface area (Å²) in [4.78, 5) is 0. The van der Waals surface area contributed by atoms with Gasteiger partial charge in [-0.25, -0.2) is 0 Å². The molecule has 0 bridgehead atoms. The highest BCUT2D eigenvalue weighted by Gasteiger charge is 2.30. The standard InChI is InChI=1S/C15H28Br2O/c1-13(2)15(11-16,12-17)8-4-3-5-14-6-9-18-10-7-14/h13-14H,3-12H2,1-2H3. The molecule has 1 heterocycles. The lowest BCUT2D eigenvalue weighted by atomic mass is 9.76. The summed E-state index contributed by atoms with van der Waals surface area (Å²) in [7, 11) is 0. The molecule has 1 nitrogen and oxygen atoms in total. The molecular formula is C15H28Br2O. The van der Waals surface area contributed by atoms with Gasteiger partial charge in [-0.3, -0.25) is 0 Å². The van der Waals surface area contributed by atoms with Crippen LogP contribution in [0.15, 0.2) is 0 Å². The summed E-state index contributed by atoms with van der Waals surface area (Å²) < 4.78 is 5.41. The van der Waals surface area contributed by atoms with Crippen molar-refractivity contribution in [3.8, 4) is 0 Å². The minimum absolute atomic E-state index is 0.440. The Hall–Kier alpha value is 0.920. The third-order valence-electron chi connectivity index (χ3n) is 4.63. The fraction of sp³-hybridized carbons (Fsp3) is 1.00. The molecule has 1 saturated heterocycles. The molecular weight excluding hydrogens is 356 g/mol. The molecule has 0 aliphatic carbocycles. The average Bonchev–Trinajstić information content (AvgIpc) is 2.40. The van der Waals surface area contributed by atoms with Gasteiger partial charge in [-0.15, -0.1) is 0 Å². The molecule has 18 heavy (non-hydrogen) atoms. The van der Waals surface area contributed by atoms with E-state index in [2.05, 4.69) is 45.7 Å². The van der Waals surface area contributed by atoms with Gasteiger partial charge in [-0.1, -0.05) is 65.0 Å². The summed E-state index contributed by atoms with van der Waals surface area (Å²) in [6, 6.07) is 0. The Labute approximate surface area is 130 Å². The second kappa shape index (κ2) is 8.97. The monoisotopic (exact) mass is 382 g/mol. The Morgan fingerprint density at radius 1 is 1.11 bits per heavy atom. The molecule has 1 aliphatic rings. The van der Waals surface area contributed by atoms with E-state index in [4.69, 9.17) is 4.74 Å². The summed E-state index contributed by atoms with van der Waals surface area (Å²) in [5.41, 5.74) is 0.440. The van der Waals surface area contributed by atoms with Gasteiger partial charge >= 0.3 is 0 Å². The fourth-order valence-corrected chi connectivity index (χ4v) is 5.50. The minimum atomic E-state index is 0.440. The Morgan fingerprint density at radius 3 is 2.22 bits per heavy atom. The van der Waals surface area contributed by atoms with Crippen molar-refractivity contribution < 1.29 is 4.74 Å². The molecule has 108 valence electrons. The second-order valence-electron chi connectivity index (χ2n) is 6.09. The number of hydrogen-bond acceptors (Lipinski definition) is 1. The minimum Gasteiger partial charge on any atom is -0.381 e. The number of halogens is 2. The maximum atomic E-state index is 5.41. The Bertz CT molecular complexity index is 209. The van der Waals surface area contributed by atoms with Gasteiger partial charge in [0.25, 0.3) is 0 Å². The highest BCUT2D eigenvalue weighted by atomic mass is 79.9. The molecule has 1 rings (SSSR count). The average molecular weight is 384 g/mol. The van der Waals surface area contributed by atoms with Gasteiger partial charge in [-0.2, -0.15) is 0 Å². The quantitative estimate of drug-likeness (QED) is 0.402. The number of rotatable bonds is 8. The molecule has 0 spiro atoms. The van der Waals surface area contributed by atoms with Crippen LogP contribution in [-0.4, -0.2) is 23.9 Å². The van der Waals surface area contributed by atoms with E-state index in [0.717, 1.165) is 35.7 Å². The van der Waals surface area contributed by atoms with Crippen LogP contribution < -0.4 is 0 Å². The molecule has 0 atom stereocenters. The third kappa shape index (κ3) is 5.13. The molecule has 0 radical (unpaired) electrons. The first-order chi connectivity index (χ1) is 8.64. The van der Waals surface area contributed by atoms with E-state index in [9.17, 15) is 0 Å². The zero-order valence-corrected chi connectivity index (χ0v) is 15.1. The van der Waals surface area contributed by atoms with Gasteiger partial charge in [0.15, 0.2) is 0 Å². The van der Waals surface area contributed by atoms with E-state index in [0.29, 0.717) is 5.41 Å². The van der Waals surface area contributed by atoms with E-state index in [1.165, 1.54) is 38.5 Å². The van der Waals surface area contributed by atoms with Crippen LogP contribution in [0.2, 0.25) is 0 Å². The SMILES string of the molecule is CC(C)C(CBr)(CBr)CCCCC1CCOCC1. The summed E-state index contributed by atoms with van der Waals surface area (Å²) in [6.07, 6.45) is 8.07. The highest BCUT2D eigenvalue weighted by molar-refractivity contribution is 9.09. The molecule has 0 N–H and O–H groups in total. The van der Waals surface area contributed by atoms with Crippen LogP contribution in [-0.2, 0) is 4.74 Å². The molecule has 1 fully saturated rings. The van der Waals surface area contributed by atoms with Crippen LogP contribution in [0.3, 0.4) is 0 Å². The largest absolute Gasteiger partial charge is 0.381 e.